The van der Waals surface area contributed by atoms with Gasteiger partial charge in [-0.2, -0.15) is 0 Å². The number of rotatable bonds is 7. The molecule has 0 aliphatic rings. The number of aryl methyl sites for hydroxylation is 1. The van der Waals surface area contributed by atoms with E-state index >= 15 is 0 Å². The van der Waals surface area contributed by atoms with Crippen molar-refractivity contribution in [1.29, 1.82) is 0 Å². The highest BCUT2D eigenvalue weighted by Crippen LogP contribution is 2.23. The average Bonchev–Trinajstić information content (AvgIpc) is 3.20. The van der Waals surface area contributed by atoms with E-state index in [4.69, 9.17) is 4.42 Å². The molecule has 0 fully saturated rings. The Labute approximate surface area is 181 Å². The van der Waals surface area contributed by atoms with Crippen LogP contribution in [0, 0.1) is 6.92 Å². The van der Waals surface area contributed by atoms with E-state index in [2.05, 4.69) is 39.3 Å². The topological polar surface area (TPSA) is 83.3 Å². The summed E-state index contributed by atoms with van der Waals surface area (Å²) in [5.74, 6) is 2.33. The molecule has 2 aromatic heterocycles. The lowest BCUT2D eigenvalue weighted by Gasteiger charge is -2.20. The number of fused-ring (bicyclic) bond motifs is 1. The number of carbonyl (C=O) groups excluding carboxylic acids is 1. The number of anilines is 4. The number of nitrogens with zero attached hydrogens (tertiary/aromatic N) is 3. The number of hydrogen-bond acceptors (Lipinski definition) is 6. The number of benzene rings is 2. The monoisotopic (exact) mass is 415 g/mol. The third-order valence-electron chi connectivity index (χ3n) is 4.98. The third-order valence-corrected chi connectivity index (χ3v) is 4.98. The van der Waals surface area contributed by atoms with E-state index in [0.29, 0.717) is 17.1 Å². The number of hydrogen-bond donors (Lipinski definition) is 2. The molecule has 4 rings (SSSR count). The third kappa shape index (κ3) is 4.66. The molecule has 0 radical (unpaired) electrons. The molecule has 0 spiro atoms. The number of amides is 1. The van der Waals surface area contributed by atoms with Crippen LogP contribution in [0.3, 0.4) is 0 Å². The minimum absolute atomic E-state index is 0.281. The highest BCUT2D eigenvalue weighted by molar-refractivity contribution is 6.04. The van der Waals surface area contributed by atoms with Gasteiger partial charge >= 0.3 is 0 Å². The van der Waals surface area contributed by atoms with Crippen molar-refractivity contribution >= 4 is 39.9 Å². The first-order valence-corrected chi connectivity index (χ1v) is 10.3. The molecule has 0 atom stereocenters. The van der Waals surface area contributed by atoms with Gasteiger partial charge in [0.15, 0.2) is 5.76 Å². The van der Waals surface area contributed by atoms with Crippen molar-refractivity contribution in [2.45, 2.75) is 20.8 Å². The first-order valence-electron chi connectivity index (χ1n) is 10.3. The second kappa shape index (κ2) is 8.87. The maximum absolute atomic E-state index is 12.5. The molecule has 2 heterocycles. The quantitative estimate of drug-likeness (QED) is 0.422. The van der Waals surface area contributed by atoms with Crippen LogP contribution in [0.4, 0.5) is 23.0 Å². The minimum atomic E-state index is -0.285. The van der Waals surface area contributed by atoms with Crippen LogP contribution in [0.15, 0.2) is 65.1 Å². The lowest BCUT2D eigenvalue weighted by Crippen LogP contribution is -2.23. The highest BCUT2D eigenvalue weighted by Gasteiger charge is 2.12. The van der Waals surface area contributed by atoms with Gasteiger partial charge in [-0.3, -0.25) is 4.79 Å². The summed E-state index contributed by atoms with van der Waals surface area (Å²) in [6.45, 7) is 7.85. The van der Waals surface area contributed by atoms with Crippen LogP contribution in [0.25, 0.3) is 11.0 Å². The lowest BCUT2D eigenvalue weighted by atomic mass is 10.2. The van der Waals surface area contributed by atoms with Gasteiger partial charge in [-0.15, -0.1) is 0 Å². The molecule has 0 bridgehead atoms. The largest absolute Gasteiger partial charge is 0.451 e. The number of aromatic nitrogens is 2. The van der Waals surface area contributed by atoms with Crippen LogP contribution in [-0.4, -0.2) is 29.0 Å². The van der Waals surface area contributed by atoms with Gasteiger partial charge < -0.3 is 20.0 Å². The number of nitrogens with one attached hydrogen (secondary N) is 2. The molecular weight excluding hydrogens is 390 g/mol. The SMILES string of the molecule is CCN(CC)c1cc(Nc2ccc(NC(=O)c3cc4ccccc4o3)cc2)nc(C)n1. The van der Waals surface area contributed by atoms with Gasteiger partial charge in [-0.1, -0.05) is 18.2 Å². The molecule has 2 N–H and O–H groups in total. The second-order valence-corrected chi connectivity index (χ2v) is 7.14. The Hall–Kier alpha value is -3.87. The number of furan rings is 1. The molecule has 0 aliphatic heterocycles. The Morgan fingerprint density at radius 1 is 0.968 bits per heavy atom. The van der Waals surface area contributed by atoms with Crippen molar-refractivity contribution in [2.75, 3.05) is 28.6 Å². The molecule has 2 aromatic carbocycles. The van der Waals surface area contributed by atoms with Crippen LogP contribution in [-0.2, 0) is 0 Å². The smallest absolute Gasteiger partial charge is 0.291 e. The van der Waals surface area contributed by atoms with Crippen molar-refractivity contribution < 1.29 is 9.21 Å². The zero-order valence-electron chi connectivity index (χ0n) is 17.8. The molecule has 7 heteroatoms. The average molecular weight is 415 g/mol. The standard InChI is InChI=1S/C24H25N5O2/c1-4-29(5-2)23-15-22(25-16(3)26-23)27-18-10-12-19(13-11-18)28-24(30)21-14-17-8-6-7-9-20(17)31-21/h6-15H,4-5H2,1-3H3,(H,28,30)(H,25,26,27). The van der Waals surface area contributed by atoms with Crippen LogP contribution in [0.1, 0.15) is 30.2 Å². The first-order chi connectivity index (χ1) is 15.1. The van der Waals surface area contributed by atoms with E-state index in [1.807, 2.05) is 61.5 Å². The van der Waals surface area contributed by atoms with Gasteiger partial charge in [0.25, 0.3) is 5.91 Å². The van der Waals surface area contributed by atoms with Crippen molar-refractivity contribution in [3.8, 4) is 0 Å². The van der Waals surface area contributed by atoms with Crippen LogP contribution in [0.5, 0.6) is 0 Å². The van der Waals surface area contributed by atoms with Gasteiger partial charge in [0.1, 0.15) is 23.0 Å². The Morgan fingerprint density at radius 3 is 2.39 bits per heavy atom. The first kappa shape index (κ1) is 20.4. The highest BCUT2D eigenvalue weighted by atomic mass is 16.3. The fourth-order valence-corrected chi connectivity index (χ4v) is 3.40. The molecule has 31 heavy (non-hydrogen) atoms. The fraction of sp³-hybridized carbons (Fsp3) is 0.208. The zero-order valence-corrected chi connectivity index (χ0v) is 17.8. The molecule has 4 aromatic rings. The predicted molar refractivity (Wildman–Crippen MR) is 124 cm³/mol. The van der Waals surface area contributed by atoms with Crippen molar-refractivity contribution in [1.82, 2.24) is 9.97 Å². The lowest BCUT2D eigenvalue weighted by molar-refractivity contribution is 0.0998. The minimum Gasteiger partial charge on any atom is -0.451 e. The summed E-state index contributed by atoms with van der Waals surface area (Å²) in [6.07, 6.45) is 0. The maximum atomic E-state index is 12.5. The Kier molecular flexibility index (Phi) is 5.84. The molecule has 0 unspecified atom stereocenters. The summed E-state index contributed by atoms with van der Waals surface area (Å²) in [4.78, 5) is 23.7. The Morgan fingerprint density at radius 2 is 1.68 bits per heavy atom. The van der Waals surface area contributed by atoms with E-state index in [0.717, 1.165) is 35.8 Å². The van der Waals surface area contributed by atoms with E-state index in [1.54, 1.807) is 6.07 Å². The van der Waals surface area contributed by atoms with Crippen LogP contribution in [0.2, 0.25) is 0 Å². The molecule has 1 amide bonds. The van der Waals surface area contributed by atoms with E-state index in [9.17, 15) is 4.79 Å². The molecular formula is C24H25N5O2. The molecule has 0 saturated carbocycles. The summed E-state index contributed by atoms with van der Waals surface area (Å²) in [5.41, 5.74) is 2.24. The summed E-state index contributed by atoms with van der Waals surface area (Å²) < 4.78 is 5.62. The Balaban J connectivity index is 1.45. The maximum Gasteiger partial charge on any atom is 0.291 e. The second-order valence-electron chi connectivity index (χ2n) is 7.14. The predicted octanol–water partition coefficient (Wildman–Crippen LogP) is 5.37. The fourth-order valence-electron chi connectivity index (χ4n) is 3.40. The van der Waals surface area contributed by atoms with Crippen LogP contribution >= 0.6 is 0 Å². The van der Waals surface area contributed by atoms with E-state index in [-0.39, 0.29) is 11.7 Å². The molecule has 158 valence electrons. The van der Waals surface area contributed by atoms with Gasteiger partial charge in [0.05, 0.1) is 0 Å². The van der Waals surface area contributed by atoms with E-state index in [1.165, 1.54) is 0 Å². The summed E-state index contributed by atoms with van der Waals surface area (Å²) >= 11 is 0. The van der Waals surface area contributed by atoms with Crippen LogP contribution < -0.4 is 15.5 Å². The van der Waals surface area contributed by atoms with Gasteiger partial charge in [-0.25, -0.2) is 9.97 Å². The van der Waals surface area contributed by atoms with Gasteiger partial charge in [0.2, 0.25) is 0 Å². The van der Waals surface area contributed by atoms with Crippen molar-refractivity contribution in [3.63, 3.8) is 0 Å². The number of para-hydroxylation sites is 1. The van der Waals surface area contributed by atoms with E-state index < -0.39 is 0 Å². The van der Waals surface area contributed by atoms with Gasteiger partial charge in [-0.05, 0) is 57.2 Å². The summed E-state index contributed by atoms with van der Waals surface area (Å²) in [5, 5.41) is 7.07. The Bertz CT molecular complexity index is 1160. The molecule has 0 aliphatic carbocycles. The summed E-state index contributed by atoms with van der Waals surface area (Å²) in [6, 6.07) is 18.7. The summed E-state index contributed by atoms with van der Waals surface area (Å²) in [7, 11) is 0. The van der Waals surface area contributed by atoms with Gasteiger partial charge in [0, 0.05) is 35.9 Å². The normalized spacial score (nSPS) is 10.8. The molecule has 7 nitrogen and oxygen atoms in total. The molecule has 0 saturated heterocycles. The van der Waals surface area contributed by atoms with Crippen molar-refractivity contribution in [2.24, 2.45) is 0 Å². The number of carbonyl (C=O) groups is 1. The van der Waals surface area contributed by atoms with Crippen molar-refractivity contribution in [3.05, 3.63) is 72.2 Å². The zero-order chi connectivity index (χ0) is 21.8.